The number of piperazine rings is 1. The lowest BCUT2D eigenvalue weighted by Gasteiger charge is -2.29. The zero-order valence-electron chi connectivity index (χ0n) is 8.32. The molecule has 4 nitrogen and oxygen atoms in total. The Hall–Kier alpha value is -1.29. The average Bonchev–Trinajstić information content (AvgIpc) is 2.71. The number of quaternary nitrogens is 1. The number of likely N-dealkylation sites (N-methyl/N-ethyl adjacent to an activating group) is 1. The van der Waals surface area contributed by atoms with Crippen LogP contribution in [0.1, 0.15) is 10.6 Å². The fraction of sp³-hybridized carbons (Fsp3) is 0.500. The molecule has 1 aromatic rings. The summed E-state index contributed by atoms with van der Waals surface area (Å²) >= 11 is 0. The van der Waals surface area contributed by atoms with E-state index in [0.717, 1.165) is 26.2 Å². The molecule has 0 aliphatic carbocycles. The molecule has 1 aromatic heterocycles. The summed E-state index contributed by atoms with van der Waals surface area (Å²) in [5.74, 6) is 0.465. The second kappa shape index (κ2) is 3.84. The van der Waals surface area contributed by atoms with Crippen molar-refractivity contribution in [2.24, 2.45) is 0 Å². The molecule has 0 aromatic carbocycles. The molecule has 0 saturated carbocycles. The molecule has 1 fully saturated rings. The highest BCUT2D eigenvalue weighted by atomic mass is 16.3. The van der Waals surface area contributed by atoms with Crippen molar-refractivity contribution in [3.05, 3.63) is 24.2 Å². The van der Waals surface area contributed by atoms with Gasteiger partial charge in [0.25, 0.3) is 5.91 Å². The fourth-order valence-corrected chi connectivity index (χ4v) is 1.65. The Morgan fingerprint density at radius 2 is 2.21 bits per heavy atom. The smallest absolute Gasteiger partial charge is 0.289 e. The van der Waals surface area contributed by atoms with Crippen LogP contribution in [0.25, 0.3) is 0 Å². The summed E-state index contributed by atoms with van der Waals surface area (Å²) < 4.78 is 5.08. The lowest BCUT2D eigenvalue weighted by Crippen LogP contribution is -3.12. The Balaban J connectivity index is 1.99. The van der Waals surface area contributed by atoms with Gasteiger partial charge in [0.1, 0.15) is 0 Å². The molecule has 0 bridgehead atoms. The van der Waals surface area contributed by atoms with Gasteiger partial charge in [-0.3, -0.25) is 4.79 Å². The second-order valence-electron chi connectivity index (χ2n) is 3.73. The molecule has 14 heavy (non-hydrogen) atoms. The minimum atomic E-state index is 0.0162. The van der Waals surface area contributed by atoms with E-state index in [9.17, 15) is 4.79 Å². The third kappa shape index (κ3) is 1.80. The molecule has 0 atom stereocenters. The van der Waals surface area contributed by atoms with E-state index < -0.39 is 0 Å². The maximum Gasteiger partial charge on any atom is 0.289 e. The highest BCUT2D eigenvalue weighted by Crippen LogP contribution is 2.05. The van der Waals surface area contributed by atoms with Crippen LogP contribution in [0.4, 0.5) is 0 Å². The summed E-state index contributed by atoms with van der Waals surface area (Å²) in [6, 6.07) is 3.46. The van der Waals surface area contributed by atoms with Gasteiger partial charge in [-0.1, -0.05) is 0 Å². The fourth-order valence-electron chi connectivity index (χ4n) is 1.65. The van der Waals surface area contributed by atoms with E-state index in [1.54, 1.807) is 12.1 Å². The summed E-state index contributed by atoms with van der Waals surface area (Å²) in [5, 5.41) is 0. The monoisotopic (exact) mass is 195 g/mol. The Morgan fingerprint density at radius 1 is 1.50 bits per heavy atom. The first-order valence-corrected chi connectivity index (χ1v) is 4.91. The maximum atomic E-state index is 11.8. The van der Waals surface area contributed by atoms with E-state index >= 15 is 0 Å². The first-order valence-electron chi connectivity index (χ1n) is 4.91. The third-order valence-electron chi connectivity index (χ3n) is 2.64. The number of furan rings is 1. The summed E-state index contributed by atoms with van der Waals surface area (Å²) in [5.41, 5.74) is 0. The van der Waals surface area contributed by atoms with Gasteiger partial charge in [0.15, 0.2) is 5.76 Å². The first kappa shape index (κ1) is 9.27. The van der Waals surface area contributed by atoms with E-state index in [1.165, 1.54) is 11.2 Å². The molecule has 1 N–H and O–H groups in total. The third-order valence-corrected chi connectivity index (χ3v) is 2.64. The average molecular weight is 195 g/mol. The van der Waals surface area contributed by atoms with Crippen molar-refractivity contribution >= 4 is 5.91 Å². The van der Waals surface area contributed by atoms with E-state index in [4.69, 9.17) is 4.42 Å². The summed E-state index contributed by atoms with van der Waals surface area (Å²) in [6.45, 7) is 3.69. The van der Waals surface area contributed by atoms with E-state index in [0.29, 0.717) is 5.76 Å². The number of carbonyl (C=O) groups is 1. The van der Waals surface area contributed by atoms with Crippen LogP contribution in [-0.4, -0.2) is 44.0 Å². The molecule has 1 saturated heterocycles. The van der Waals surface area contributed by atoms with Crippen LogP contribution in [0.3, 0.4) is 0 Å². The zero-order valence-corrected chi connectivity index (χ0v) is 8.32. The Morgan fingerprint density at radius 3 is 2.79 bits per heavy atom. The van der Waals surface area contributed by atoms with Crippen molar-refractivity contribution in [3.63, 3.8) is 0 Å². The van der Waals surface area contributed by atoms with Crippen molar-refractivity contribution in [1.82, 2.24) is 4.90 Å². The molecule has 76 valence electrons. The van der Waals surface area contributed by atoms with Crippen LogP contribution in [0.2, 0.25) is 0 Å². The van der Waals surface area contributed by atoms with Gasteiger partial charge in [0.2, 0.25) is 0 Å². The van der Waals surface area contributed by atoms with Crippen molar-refractivity contribution in [3.8, 4) is 0 Å². The Labute approximate surface area is 83.1 Å². The van der Waals surface area contributed by atoms with Crippen LogP contribution >= 0.6 is 0 Å². The van der Waals surface area contributed by atoms with Crippen LogP contribution in [0.5, 0.6) is 0 Å². The van der Waals surface area contributed by atoms with Crippen LogP contribution in [-0.2, 0) is 0 Å². The molecular formula is C10H15N2O2+. The minimum Gasteiger partial charge on any atom is -0.459 e. The summed E-state index contributed by atoms with van der Waals surface area (Å²) in [4.78, 5) is 15.1. The van der Waals surface area contributed by atoms with Crippen molar-refractivity contribution in [2.45, 2.75) is 0 Å². The van der Waals surface area contributed by atoms with E-state index in [-0.39, 0.29) is 5.91 Å². The van der Waals surface area contributed by atoms with Crippen LogP contribution in [0, 0.1) is 0 Å². The molecule has 0 spiro atoms. The molecule has 1 amide bonds. The predicted molar refractivity (Wildman–Crippen MR) is 51.2 cm³/mol. The molecule has 0 unspecified atom stereocenters. The number of hydrogen-bond acceptors (Lipinski definition) is 2. The van der Waals surface area contributed by atoms with Gasteiger partial charge in [-0.25, -0.2) is 0 Å². The quantitative estimate of drug-likeness (QED) is 0.640. The number of nitrogens with zero attached hydrogens (tertiary/aromatic N) is 1. The van der Waals surface area contributed by atoms with Gasteiger partial charge in [-0.05, 0) is 12.1 Å². The number of amides is 1. The first-order chi connectivity index (χ1) is 6.77. The lowest BCUT2D eigenvalue weighted by molar-refractivity contribution is -0.883. The number of rotatable bonds is 1. The predicted octanol–water partition coefficient (Wildman–Crippen LogP) is -0.750. The Bertz CT molecular complexity index is 300. The second-order valence-corrected chi connectivity index (χ2v) is 3.73. The highest BCUT2D eigenvalue weighted by Gasteiger charge is 2.23. The topological polar surface area (TPSA) is 37.9 Å². The molecule has 2 heterocycles. The molecule has 1 aliphatic rings. The maximum absolute atomic E-state index is 11.8. The van der Waals surface area contributed by atoms with Crippen molar-refractivity contribution in [1.29, 1.82) is 0 Å². The van der Waals surface area contributed by atoms with Gasteiger partial charge in [-0.2, -0.15) is 0 Å². The minimum absolute atomic E-state index is 0.0162. The number of carbonyl (C=O) groups excluding carboxylic acids is 1. The van der Waals surface area contributed by atoms with Gasteiger partial charge < -0.3 is 14.2 Å². The molecular weight excluding hydrogens is 180 g/mol. The standard InChI is InChI=1S/C10H14N2O2/c1-11-4-6-12(7-5-11)10(13)9-3-2-8-14-9/h2-3,8H,4-7H2,1H3/p+1. The molecule has 0 radical (unpaired) electrons. The number of hydrogen-bond donors (Lipinski definition) is 1. The molecule has 1 aliphatic heterocycles. The molecule has 4 heteroatoms. The highest BCUT2D eigenvalue weighted by molar-refractivity contribution is 5.91. The van der Waals surface area contributed by atoms with Crippen LogP contribution < -0.4 is 4.90 Å². The van der Waals surface area contributed by atoms with Crippen molar-refractivity contribution in [2.75, 3.05) is 33.2 Å². The zero-order chi connectivity index (χ0) is 9.97. The van der Waals surface area contributed by atoms with Crippen molar-refractivity contribution < 1.29 is 14.1 Å². The largest absolute Gasteiger partial charge is 0.459 e. The van der Waals surface area contributed by atoms with Crippen LogP contribution in [0.15, 0.2) is 22.8 Å². The molecule has 2 rings (SSSR count). The van der Waals surface area contributed by atoms with E-state index in [1.807, 2.05) is 4.90 Å². The van der Waals surface area contributed by atoms with E-state index in [2.05, 4.69) is 7.05 Å². The summed E-state index contributed by atoms with van der Waals surface area (Å²) in [7, 11) is 2.15. The normalized spacial score (nSPS) is 18.5. The Kier molecular flexibility index (Phi) is 2.54. The lowest BCUT2D eigenvalue weighted by atomic mass is 10.3. The summed E-state index contributed by atoms with van der Waals surface area (Å²) in [6.07, 6.45) is 1.54. The van der Waals surface area contributed by atoms with Gasteiger partial charge in [0.05, 0.1) is 39.5 Å². The van der Waals surface area contributed by atoms with Gasteiger partial charge >= 0.3 is 0 Å². The van der Waals surface area contributed by atoms with Gasteiger partial charge in [0, 0.05) is 0 Å². The number of nitrogens with one attached hydrogen (secondary N) is 1. The SMILES string of the molecule is C[NH+]1CCN(C(=O)c2ccco2)CC1. The van der Waals surface area contributed by atoms with Gasteiger partial charge in [-0.15, -0.1) is 0 Å².